The Hall–Kier alpha value is -5.02. The number of carbonyl (C=O) groups is 2. The first-order chi connectivity index (χ1) is 23.4. The normalized spacial score (nSPS) is 13.1. The summed E-state index contributed by atoms with van der Waals surface area (Å²) < 4.78 is 11.9. The van der Waals surface area contributed by atoms with Crippen LogP contribution >= 0.6 is 0 Å². The van der Waals surface area contributed by atoms with E-state index in [2.05, 4.69) is 50.4 Å². The van der Waals surface area contributed by atoms with E-state index in [1.165, 1.54) is 5.56 Å². The Kier molecular flexibility index (Phi) is 12.3. The number of nitrogens with one attached hydrogen (secondary N) is 4. The van der Waals surface area contributed by atoms with Crippen LogP contribution in [0.15, 0.2) is 97.1 Å². The summed E-state index contributed by atoms with van der Waals surface area (Å²) in [5, 5.41) is 12.3. The summed E-state index contributed by atoms with van der Waals surface area (Å²) in [6.07, 6.45) is 3.90. The van der Waals surface area contributed by atoms with Crippen LogP contribution in [0.3, 0.4) is 0 Å². The van der Waals surface area contributed by atoms with Crippen LogP contribution in [0, 0.1) is 0 Å². The van der Waals surface area contributed by atoms with E-state index >= 15 is 0 Å². The Bertz CT molecular complexity index is 1600. The number of piperidine rings is 1. The van der Waals surface area contributed by atoms with E-state index in [0.717, 1.165) is 51.0 Å². The smallest absolute Gasteiger partial charge is 0.319 e. The van der Waals surface area contributed by atoms with Crippen LogP contribution < -0.4 is 35.6 Å². The lowest BCUT2D eigenvalue weighted by molar-refractivity contribution is 0.102. The summed E-state index contributed by atoms with van der Waals surface area (Å²) >= 11 is 0. The fraction of sp³-hybridized carbons (Fsp3) is 0.333. The largest absolute Gasteiger partial charge is 0.490 e. The monoisotopic (exact) mass is 649 g/mol. The molecule has 0 atom stereocenters. The number of amides is 3. The second-order valence-electron chi connectivity index (χ2n) is 11.9. The highest BCUT2D eigenvalue weighted by atomic mass is 16.5. The molecule has 4 N–H and O–H groups in total. The topological polar surface area (TPSA) is 104 Å². The number of hydrogen-bond acceptors (Lipinski definition) is 6. The molecule has 252 valence electrons. The van der Waals surface area contributed by atoms with E-state index in [-0.39, 0.29) is 18.0 Å². The Morgan fingerprint density at radius 1 is 0.812 bits per heavy atom. The average molecular weight is 650 g/mol. The quantitative estimate of drug-likeness (QED) is 0.110. The molecule has 3 amide bonds. The average Bonchev–Trinajstić information content (AvgIpc) is 3.12. The molecule has 0 spiro atoms. The Labute approximate surface area is 284 Å². The van der Waals surface area contributed by atoms with Gasteiger partial charge in [-0.25, -0.2) is 4.79 Å². The second-order valence-corrected chi connectivity index (χ2v) is 11.9. The SMILES string of the molecule is CCOc1cc(NC(=O)NC(CC)CC)ccc1Oc1ccc(NC(=O)c2ccc(N(Cc3ccccc3)C3CCNCC3)cc2)cc1. The molecule has 0 saturated carbocycles. The number of anilines is 3. The molecule has 5 rings (SSSR count). The molecular formula is C39H47N5O4. The Balaban J connectivity index is 1.20. The minimum atomic E-state index is -0.254. The molecule has 1 fully saturated rings. The van der Waals surface area contributed by atoms with Gasteiger partial charge in [0.2, 0.25) is 0 Å². The zero-order valence-electron chi connectivity index (χ0n) is 28.1. The Morgan fingerprint density at radius 2 is 1.50 bits per heavy atom. The number of carbonyl (C=O) groups excluding carboxylic acids is 2. The van der Waals surface area contributed by atoms with Crippen LogP contribution in [0.2, 0.25) is 0 Å². The first-order valence-corrected chi connectivity index (χ1v) is 17.0. The van der Waals surface area contributed by atoms with Crippen molar-refractivity contribution in [3.05, 3.63) is 108 Å². The van der Waals surface area contributed by atoms with Gasteiger partial charge in [0.1, 0.15) is 5.75 Å². The van der Waals surface area contributed by atoms with E-state index in [1.54, 1.807) is 42.5 Å². The van der Waals surface area contributed by atoms with Gasteiger partial charge < -0.3 is 35.6 Å². The highest BCUT2D eigenvalue weighted by molar-refractivity contribution is 6.04. The van der Waals surface area contributed by atoms with E-state index in [4.69, 9.17) is 9.47 Å². The molecule has 4 aromatic rings. The number of ether oxygens (including phenoxy) is 2. The van der Waals surface area contributed by atoms with Crippen LogP contribution in [-0.2, 0) is 6.54 Å². The predicted octanol–water partition coefficient (Wildman–Crippen LogP) is 8.20. The van der Waals surface area contributed by atoms with Crippen LogP contribution in [0.5, 0.6) is 17.2 Å². The summed E-state index contributed by atoms with van der Waals surface area (Å²) in [7, 11) is 0. The van der Waals surface area contributed by atoms with Gasteiger partial charge >= 0.3 is 6.03 Å². The fourth-order valence-electron chi connectivity index (χ4n) is 5.85. The Morgan fingerprint density at radius 3 is 2.17 bits per heavy atom. The lowest BCUT2D eigenvalue weighted by atomic mass is 10.0. The number of hydrogen-bond donors (Lipinski definition) is 4. The number of rotatable bonds is 14. The maximum absolute atomic E-state index is 13.2. The van der Waals surface area contributed by atoms with Crippen LogP contribution in [0.4, 0.5) is 21.9 Å². The summed E-state index contributed by atoms with van der Waals surface area (Å²) in [5.41, 5.74) is 4.24. The van der Waals surface area contributed by atoms with Crippen molar-refractivity contribution in [2.24, 2.45) is 0 Å². The standard InChI is InChI=1S/C39H47N5O4/c1-4-30(5-2)42-39(46)43-32-16-21-36(37(26-32)47-6-3)48-35-19-14-31(15-20-35)41-38(45)29-12-17-33(18-13-29)44(34-22-24-40-25-23-34)27-28-10-8-7-9-11-28/h7-21,26,30,34,40H,4-6,22-25,27H2,1-3H3,(H,41,45)(H2,42,43,46). The molecule has 1 aliphatic heterocycles. The van der Waals surface area contributed by atoms with Crippen LogP contribution in [-0.4, -0.2) is 43.7 Å². The zero-order valence-corrected chi connectivity index (χ0v) is 28.1. The van der Waals surface area contributed by atoms with E-state index in [1.807, 2.05) is 51.1 Å². The van der Waals surface area contributed by atoms with Crippen molar-refractivity contribution in [2.45, 2.75) is 65.1 Å². The molecule has 9 nitrogen and oxygen atoms in total. The van der Waals surface area contributed by atoms with E-state index < -0.39 is 0 Å². The third-order valence-corrected chi connectivity index (χ3v) is 8.57. The van der Waals surface area contributed by atoms with E-state index in [9.17, 15) is 9.59 Å². The molecule has 1 aliphatic rings. The van der Waals surface area contributed by atoms with Gasteiger partial charge in [-0.1, -0.05) is 44.2 Å². The molecule has 1 saturated heterocycles. The molecule has 0 unspecified atom stereocenters. The zero-order chi connectivity index (χ0) is 33.7. The van der Waals surface area contributed by atoms with Gasteiger partial charge in [0.25, 0.3) is 5.91 Å². The van der Waals surface area contributed by atoms with Crippen molar-refractivity contribution in [3.63, 3.8) is 0 Å². The lowest BCUT2D eigenvalue weighted by Gasteiger charge is -2.36. The predicted molar refractivity (Wildman–Crippen MR) is 194 cm³/mol. The number of benzene rings is 4. The van der Waals surface area contributed by atoms with Gasteiger partial charge in [0.05, 0.1) is 6.61 Å². The third-order valence-electron chi connectivity index (χ3n) is 8.57. The summed E-state index contributed by atoms with van der Waals surface area (Å²) in [6, 6.07) is 31.2. The maximum Gasteiger partial charge on any atom is 0.319 e. The molecule has 0 aliphatic carbocycles. The van der Waals surface area contributed by atoms with E-state index in [0.29, 0.717) is 46.8 Å². The van der Waals surface area contributed by atoms with Crippen molar-refractivity contribution >= 4 is 29.0 Å². The van der Waals surface area contributed by atoms with Gasteiger partial charge in [-0.15, -0.1) is 0 Å². The molecule has 1 heterocycles. The van der Waals surface area contributed by atoms with Crippen molar-refractivity contribution in [3.8, 4) is 17.2 Å². The minimum absolute atomic E-state index is 0.123. The van der Waals surface area contributed by atoms with Crippen molar-refractivity contribution in [1.29, 1.82) is 0 Å². The molecular weight excluding hydrogens is 602 g/mol. The number of nitrogens with zero attached hydrogens (tertiary/aromatic N) is 1. The van der Waals surface area contributed by atoms with Gasteiger partial charge in [-0.2, -0.15) is 0 Å². The highest BCUT2D eigenvalue weighted by Gasteiger charge is 2.22. The molecule has 48 heavy (non-hydrogen) atoms. The molecule has 0 aromatic heterocycles. The number of urea groups is 1. The van der Waals surface area contributed by atoms with Crippen molar-refractivity contribution in [2.75, 3.05) is 35.2 Å². The maximum atomic E-state index is 13.2. The minimum Gasteiger partial charge on any atom is -0.490 e. The van der Waals surface area contributed by atoms with Gasteiger partial charge in [0.15, 0.2) is 11.5 Å². The van der Waals surface area contributed by atoms with Gasteiger partial charge in [0, 0.05) is 47.3 Å². The van der Waals surface area contributed by atoms with Crippen molar-refractivity contribution < 1.29 is 19.1 Å². The third kappa shape index (κ3) is 9.51. The summed E-state index contributed by atoms with van der Waals surface area (Å²) in [6.45, 7) is 9.27. The first kappa shape index (κ1) is 34.3. The highest BCUT2D eigenvalue weighted by Crippen LogP contribution is 2.35. The molecule has 0 radical (unpaired) electrons. The first-order valence-electron chi connectivity index (χ1n) is 17.0. The fourth-order valence-corrected chi connectivity index (χ4v) is 5.85. The van der Waals surface area contributed by atoms with Crippen LogP contribution in [0.25, 0.3) is 0 Å². The second kappa shape index (κ2) is 17.2. The van der Waals surface area contributed by atoms with Gasteiger partial charge in [-0.3, -0.25) is 4.79 Å². The van der Waals surface area contributed by atoms with Crippen LogP contribution in [0.1, 0.15) is 62.4 Å². The molecule has 4 aromatic carbocycles. The lowest BCUT2D eigenvalue weighted by Crippen LogP contribution is -2.43. The van der Waals surface area contributed by atoms with Gasteiger partial charge in [-0.05, 0) is 112 Å². The summed E-state index contributed by atoms with van der Waals surface area (Å²) in [5.74, 6) is 1.44. The summed E-state index contributed by atoms with van der Waals surface area (Å²) in [4.78, 5) is 28.0. The molecule has 0 bridgehead atoms. The van der Waals surface area contributed by atoms with Crippen molar-refractivity contribution in [1.82, 2.24) is 10.6 Å². The molecule has 9 heteroatoms.